The Bertz CT molecular complexity index is 1130. The summed E-state index contributed by atoms with van der Waals surface area (Å²) in [5.74, 6) is -0.378. The molecule has 2 atom stereocenters. The van der Waals surface area contributed by atoms with Crippen molar-refractivity contribution in [1.29, 1.82) is 0 Å². The molecule has 2 aliphatic heterocycles. The lowest BCUT2D eigenvalue weighted by Crippen LogP contribution is -2.43. The molecule has 4 rings (SSSR count). The van der Waals surface area contributed by atoms with Crippen molar-refractivity contribution in [3.8, 4) is 0 Å². The zero-order valence-corrected chi connectivity index (χ0v) is 18.8. The van der Waals surface area contributed by atoms with Gasteiger partial charge in [-0.2, -0.15) is 4.31 Å². The number of amides is 2. The fraction of sp³-hybridized carbons (Fsp3) is 0.391. The van der Waals surface area contributed by atoms with E-state index in [1.807, 2.05) is 38.1 Å². The number of anilines is 2. The van der Waals surface area contributed by atoms with Crippen molar-refractivity contribution < 1.29 is 18.0 Å². The first-order valence-corrected chi connectivity index (χ1v) is 11.9. The first-order chi connectivity index (χ1) is 14.7. The maximum Gasteiger partial charge on any atom is 0.243 e. The molecule has 0 spiro atoms. The molecule has 1 N–H and O–H groups in total. The standard InChI is InChI=1S/C23H27N3O4S/c1-15-6-8-19(9-7-15)24-23(28)22-5-4-12-25(22)31(29,30)20-10-11-21-18(14-20)13-16(2)26(21)17(3)27/h6-11,14,16,22H,4-5,12-13H2,1-3H3,(H,24,28)/t16-,22-/m0/s1. The third-order valence-electron chi connectivity index (χ3n) is 6.04. The minimum atomic E-state index is -3.84. The van der Waals surface area contributed by atoms with Crippen LogP contribution in [0.4, 0.5) is 11.4 Å². The molecule has 0 bridgehead atoms. The average molecular weight is 442 g/mol. The van der Waals surface area contributed by atoms with Gasteiger partial charge in [0, 0.05) is 30.9 Å². The lowest BCUT2D eigenvalue weighted by Gasteiger charge is -2.24. The summed E-state index contributed by atoms with van der Waals surface area (Å²) in [5, 5.41) is 2.84. The Hall–Kier alpha value is -2.71. The Morgan fingerprint density at radius 3 is 2.48 bits per heavy atom. The maximum absolute atomic E-state index is 13.4. The maximum atomic E-state index is 13.4. The predicted molar refractivity (Wildman–Crippen MR) is 119 cm³/mol. The molecule has 0 unspecified atom stereocenters. The number of sulfonamides is 1. The van der Waals surface area contributed by atoms with Crippen LogP contribution in [-0.4, -0.2) is 43.2 Å². The highest BCUT2D eigenvalue weighted by Crippen LogP contribution is 2.35. The predicted octanol–water partition coefficient (Wildman–Crippen LogP) is 3.08. The molecule has 1 saturated heterocycles. The molecule has 2 aromatic carbocycles. The van der Waals surface area contributed by atoms with Crippen LogP contribution in [0.3, 0.4) is 0 Å². The van der Waals surface area contributed by atoms with Crippen LogP contribution in [0.15, 0.2) is 47.4 Å². The van der Waals surface area contributed by atoms with Crippen LogP contribution in [-0.2, 0) is 26.0 Å². The zero-order valence-electron chi connectivity index (χ0n) is 18.0. The second-order valence-corrected chi connectivity index (χ2v) is 10.3. The van der Waals surface area contributed by atoms with E-state index in [-0.39, 0.29) is 22.8 Å². The molecule has 7 nitrogen and oxygen atoms in total. The largest absolute Gasteiger partial charge is 0.325 e. The van der Waals surface area contributed by atoms with Crippen LogP contribution in [0, 0.1) is 6.92 Å². The van der Waals surface area contributed by atoms with Crippen LogP contribution in [0.2, 0.25) is 0 Å². The zero-order chi connectivity index (χ0) is 22.3. The molecule has 0 radical (unpaired) electrons. The summed E-state index contributed by atoms with van der Waals surface area (Å²) in [4.78, 5) is 26.7. The van der Waals surface area contributed by atoms with Gasteiger partial charge in [0.05, 0.1) is 4.90 Å². The van der Waals surface area contributed by atoms with Gasteiger partial charge in [-0.25, -0.2) is 8.42 Å². The van der Waals surface area contributed by atoms with E-state index in [0.29, 0.717) is 31.5 Å². The van der Waals surface area contributed by atoms with E-state index < -0.39 is 16.1 Å². The normalized spacial score (nSPS) is 21.2. The Labute approximate surface area is 183 Å². The summed E-state index contributed by atoms with van der Waals surface area (Å²) in [5.41, 5.74) is 3.32. The molecular formula is C23H27N3O4S. The van der Waals surface area contributed by atoms with Crippen LogP contribution < -0.4 is 10.2 Å². The summed E-state index contributed by atoms with van der Waals surface area (Å²) in [6.45, 7) is 5.73. The minimum Gasteiger partial charge on any atom is -0.325 e. The molecule has 2 heterocycles. The number of hydrogen-bond donors (Lipinski definition) is 1. The van der Waals surface area contributed by atoms with E-state index in [0.717, 1.165) is 16.8 Å². The van der Waals surface area contributed by atoms with E-state index in [2.05, 4.69) is 5.32 Å². The lowest BCUT2D eigenvalue weighted by molar-refractivity contribution is -0.119. The monoisotopic (exact) mass is 441 g/mol. The van der Waals surface area contributed by atoms with Crippen molar-refractivity contribution in [3.63, 3.8) is 0 Å². The number of benzene rings is 2. The fourth-order valence-corrected chi connectivity index (χ4v) is 6.24. The number of carbonyl (C=O) groups is 2. The number of fused-ring (bicyclic) bond motifs is 1. The molecule has 8 heteroatoms. The van der Waals surface area contributed by atoms with Crippen molar-refractivity contribution in [1.82, 2.24) is 4.31 Å². The molecule has 0 aliphatic carbocycles. The van der Waals surface area contributed by atoms with Crippen molar-refractivity contribution in [3.05, 3.63) is 53.6 Å². The highest BCUT2D eigenvalue weighted by Gasteiger charge is 2.40. The number of aryl methyl sites for hydroxylation is 1. The van der Waals surface area contributed by atoms with Gasteiger partial charge in [-0.05, 0) is 69.0 Å². The van der Waals surface area contributed by atoms with Gasteiger partial charge in [0.15, 0.2) is 0 Å². The fourth-order valence-electron chi connectivity index (χ4n) is 4.54. The summed E-state index contributed by atoms with van der Waals surface area (Å²) in [6, 6.07) is 11.5. The number of rotatable bonds is 4. The Morgan fingerprint density at radius 2 is 1.81 bits per heavy atom. The van der Waals surface area contributed by atoms with Gasteiger partial charge in [-0.15, -0.1) is 0 Å². The summed E-state index contributed by atoms with van der Waals surface area (Å²) in [7, 11) is -3.84. The van der Waals surface area contributed by atoms with E-state index in [1.165, 1.54) is 17.3 Å². The highest BCUT2D eigenvalue weighted by molar-refractivity contribution is 7.89. The van der Waals surface area contributed by atoms with E-state index in [4.69, 9.17) is 0 Å². The van der Waals surface area contributed by atoms with Gasteiger partial charge in [-0.1, -0.05) is 17.7 Å². The van der Waals surface area contributed by atoms with Gasteiger partial charge < -0.3 is 10.2 Å². The van der Waals surface area contributed by atoms with Crippen molar-refractivity contribution in [2.75, 3.05) is 16.8 Å². The van der Waals surface area contributed by atoms with Gasteiger partial charge in [-0.3, -0.25) is 9.59 Å². The van der Waals surface area contributed by atoms with Crippen LogP contribution in [0.25, 0.3) is 0 Å². The van der Waals surface area contributed by atoms with Crippen LogP contribution in [0.1, 0.15) is 37.8 Å². The number of carbonyl (C=O) groups excluding carboxylic acids is 2. The topological polar surface area (TPSA) is 86.8 Å². The van der Waals surface area contributed by atoms with E-state index in [1.54, 1.807) is 17.0 Å². The van der Waals surface area contributed by atoms with Gasteiger partial charge in [0.2, 0.25) is 21.8 Å². The quantitative estimate of drug-likeness (QED) is 0.790. The first-order valence-electron chi connectivity index (χ1n) is 10.5. The second kappa shape index (κ2) is 8.09. The Kier molecular flexibility index (Phi) is 5.61. The lowest BCUT2D eigenvalue weighted by atomic mass is 10.1. The molecule has 2 aromatic rings. The minimum absolute atomic E-state index is 0.00900. The third-order valence-corrected chi connectivity index (χ3v) is 7.94. The molecule has 164 valence electrons. The van der Waals surface area contributed by atoms with E-state index >= 15 is 0 Å². The van der Waals surface area contributed by atoms with Gasteiger partial charge in [0.25, 0.3) is 0 Å². The smallest absolute Gasteiger partial charge is 0.243 e. The van der Waals surface area contributed by atoms with Crippen LogP contribution >= 0.6 is 0 Å². The summed E-state index contributed by atoms with van der Waals surface area (Å²) >= 11 is 0. The summed E-state index contributed by atoms with van der Waals surface area (Å²) < 4.78 is 28.1. The molecule has 31 heavy (non-hydrogen) atoms. The highest BCUT2D eigenvalue weighted by atomic mass is 32.2. The molecule has 1 fully saturated rings. The van der Waals surface area contributed by atoms with Gasteiger partial charge >= 0.3 is 0 Å². The summed E-state index contributed by atoms with van der Waals surface area (Å²) in [6.07, 6.45) is 1.72. The van der Waals surface area contributed by atoms with E-state index in [9.17, 15) is 18.0 Å². The molecule has 0 aromatic heterocycles. The van der Waals surface area contributed by atoms with Crippen LogP contribution in [0.5, 0.6) is 0 Å². The van der Waals surface area contributed by atoms with Crippen molar-refractivity contribution in [2.24, 2.45) is 0 Å². The molecule has 2 aliphatic rings. The number of nitrogens with one attached hydrogen (secondary N) is 1. The average Bonchev–Trinajstić information content (AvgIpc) is 3.33. The Morgan fingerprint density at radius 1 is 1.10 bits per heavy atom. The first kappa shape index (κ1) is 21.5. The number of hydrogen-bond acceptors (Lipinski definition) is 4. The van der Waals surface area contributed by atoms with Crippen molar-refractivity contribution in [2.45, 2.75) is 57.0 Å². The molecule has 2 amide bonds. The molecular weight excluding hydrogens is 414 g/mol. The SMILES string of the molecule is CC(=O)N1c2ccc(S(=O)(=O)N3CCC[C@H]3C(=O)Nc3ccc(C)cc3)cc2C[C@@H]1C. The number of nitrogens with zero attached hydrogens (tertiary/aromatic N) is 2. The molecule has 0 saturated carbocycles. The third kappa shape index (κ3) is 3.97. The van der Waals surface area contributed by atoms with Gasteiger partial charge in [0.1, 0.15) is 6.04 Å². The second-order valence-electron chi connectivity index (χ2n) is 8.36. The van der Waals surface area contributed by atoms with Crippen molar-refractivity contribution >= 4 is 33.2 Å². The Balaban J connectivity index is 1.58.